The number of halogens is 2. The van der Waals surface area contributed by atoms with E-state index < -0.39 is 22.7 Å². The lowest BCUT2D eigenvalue weighted by Gasteiger charge is -2.27. The lowest BCUT2D eigenvalue weighted by molar-refractivity contribution is 0.0467. The molecule has 1 aliphatic carbocycles. The van der Waals surface area contributed by atoms with Crippen molar-refractivity contribution in [1.29, 1.82) is 5.26 Å². The van der Waals surface area contributed by atoms with Crippen molar-refractivity contribution in [3.8, 4) is 17.2 Å². The second-order valence-corrected chi connectivity index (χ2v) is 9.05. The number of rotatable bonds is 3. The second kappa shape index (κ2) is 7.36. The topological polar surface area (TPSA) is 115 Å². The van der Waals surface area contributed by atoms with Crippen molar-refractivity contribution in [2.75, 3.05) is 31.7 Å². The number of pyridine rings is 1. The summed E-state index contributed by atoms with van der Waals surface area (Å²) in [5.74, 6) is -0.706. The Kier molecular flexibility index (Phi) is 5.07. The van der Waals surface area contributed by atoms with Gasteiger partial charge in [0.2, 0.25) is 0 Å². The quantitative estimate of drug-likeness (QED) is 0.627. The molecule has 1 fully saturated rings. The van der Waals surface area contributed by atoms with Crippen LogP contribution in [0, 0.1) is 17.1 Å². The van der Waals surface area contributed by atoms with Crippen LogP contribution in [-0.2, 0) is 5.41 Å². The molecule has 1 aromatic carbocycles. The molecular formula is C22H23ClFN5O2. The minimum Gasteiger partial charge on any atom is -0.398 e. The number of nitriles is 1. The van der Waals surface area contributed by atoms with E-state index >= 15 is 4.39 Å². The van der Waals surface area contributed by atoms with Crippen molar-refractivity contribution in [3.63, 3.8) is 0 Å². The highest BCUT2D eigenvalue weighted by Crippen LogP contribution is 2.55. The number of hydrogen-bond donors (Lipinski definition) is 3. The fourth-order valence-electron chi connectivity index (χ4n) is 4.82. The van der Waals surface area contributed by atoms with E-state index in [2.05, 4.69) is 16.4 Å². The first-order chi connectivity index (χ1) is 14.6. The van der Waals surface area contributed by atoms with Gasteiger partial charge in [0.25, 0.3) is 5.91 Å². The van der Waals surface area contributed by atoms with Gasteiger partial charge >= 0.3 is 0 Å². The molecule has 1 saturated carbocycles. The molecular weight excluding hydrogens is 421 g/mol. The van der Waals surface area contributed by atoms with Crippen LogP contribution in [0.3, 0.4) is 0 Å². The van der Waals surface area contributed by atoms with Crippen LogP contribution in [0.15, 0.2) is 18.3 Å². The zero-order chi connectivity index (χ0) is 22.6. The van der Waals surface area contributed by atoms with Gasteiger partial charge in [-0.1, -0.05) is 11.6 Å². The van der Waals surface area contributed by atoms with Crippen LogP contribution in [0.4, 0.5) is 15.9 Å². The summed E-state index contributed by atoms with van der Waals surface area (Å²) in [6.45, 7) is 0.529. The number of aliphatic hydroxyl groups is 1. The number of amides is 1. The van der Waals surface area contributed by atoms with Crippen molar-refractivity contribution in [2.24, 2.45) is 0 Å². The summed E-state index contributed by atoms with van der Waals surface area (Å²) in [6.07, 6.45) is 2.98. The van der Waals surface area contributed by atoms with Gasteiger partial charge in [-0.25, -0.2) is 9.37 Å². The highest BCUT2D eigenvalue weighted by Gasteiger charge is 2.52. The summed E-state index contributed by atoms with van der Waals surface area (Å²) < 4.78 is 15.4. The van der Waals surface area contributed by atoms with Crippen molar-refractivity contribution >= 4 is 29.0 Å². The molecule has 2 heterocycles. The van der Waals surface area contributed by atoms with Gasteiger partial charge in [-0.2, -0.15) is 5.26 Å². The Balaban J connectivity index is 1.84. The molecule has 1 amide bonds. The van der Waals surface area contributed by atoms with Crippen molar-refractivity contribution in [3.05, 3.63) is 40.3 Å². The summed E-state index contributed by atoms with van der Waals surface area (Å²) in [7, 11) is 3.05. The molecule has 4 N–H and O–H groups in total. The lowest BCUT2D eigenvalue weighted by atomic mass is 9.79. The molecule has 2 atom stereocenters. The number of carbonyl (C=O) groups excluding carboxylic acids is 1. The van der Waals surface area contributed by atoms with Gasteiger partial charge in [0, 0.05) is 54.6 Å². The summed E-state index contributed by atoms with van der Waals surface area (Å²) in [6, 6.07) is 5.02. The fourth-order valence-corrected chi connectivity index (χ4v) is 5.26. The monoisotopic (exact) mass is 443 g/mol. The van der Waals surface area contributed by atoms with Crippen LogP contribution in [0.5, 0.6) is 0 Å². The third-order valence-electron chi connectivity index (χ3n) is 6.37. The number of benzene rings is 1. The fraction of sp³-hybridized carbons (Fsp3) is 0.409. The molecule has 9 heteroatoms. The molecule has 1 aliphatic heterocycles. The van der Waals surface area contributed by atoms with Gasteiger partial charge in [-0.15, -0.1) is 0 Å². The van der Waals surface area contributed by atoms with Gasteiger partial charge in [-0.3, -0.25) is 4.79 Å². The molecule has 1 aromatic heterocycles. The number of nitrogens with one attached hydrogen (secondary N) is 1. The summed E-state index contributed by atoms with van der Waals surface area (Å²) in [5, 5.41) is 23.5. The summed E-state index contributed by atoms with van der Waals surface area (Å²) in [5.41, 5.74) is 5.34. The van der Waals surface area contributed by atoms with Crippen molar-refractivity contribution in [2.45, 2.75) is 36.7 Å². The standard InChI is InChI=1S/C22H23ClFN5O2/c1-29(2)20(30)15-14(26)4-3-12(18(15)24)13-9-27-19-16(17(13)23)21(11-28-19)5-6-22(31,10-21)7-8-25/h3-4,9,31H,5-7,10-11,26H2,1-2H3,(H,27,28). The third kappa shape index (κ3) is 3.29. The van der Waals surface area contributed by atoms with E-state index in [1.807, 2.05) is 0 Å². The maximum atomic E-state index is 15.4. The minimum atomic E-state index is -1.09. The number of aromatic nitrogens is 1. The first kappa shape index (κ1) is 21.3. The first-order valence-corrected chi connectivity index (χ1v) is 10.3. The van der Waals surface area contributed by atoms with Gasteiger partial charge in [-0.05, 0) is 31.4 Å². The van der Waals surface area contributed by atoms with E-state index in [-0.39, 0.29) is 23.2 Å². The number of nitrogens with two attached hydrogens (primary N) is 1. The SMILES string of the molecule is CN(C)C(=O)c1c(N)ccc(-c2cnc3c(c2Cl)C2(CCC(O)(CC#N)C2)CN3)c1F. The molecule has 1 spiro atoms. The third-order valence-corrected chi connectivity index (χ3v) is 6.76. The predicted molar refractivity (Wildman–Crippen MR) is 116 cm³/mol. The number of nitrogens with zero attached hydrogens (tertiary/aromatic N) is 3. The van der Waals surface area contributed by atoms with E-state index in [9.17, 15) is 9.90 Å². The number of carbonyl (C=O) groups is 1. The van der Waals surface area contributed by atoms with Crippen LogP contribution in [0.1, 0.15) is 41.6 Å². The van der Waals surface area contributed by atoms with E-state index in [1.54, 1.807) is 0 Å². The molecule has 2 unspecified atom stereocenters. The average Bonchev–Trinajstić information content (AvgIpc) is 3.23. The van der Waals surface area contributed by atoms with Gasteiger partial charge in [0.1, 0.15) is 11.6 Å². The normalized spacial score (nSPS) is 24.0. The van der Waals surface area contributed by atoms with Gasteiger partial charge < -0.3 is 21.1 Å². The summed E-state index contributed by atoms with van der Waals surface area (Å²) >= 11 is 6.81. The zero-order valence-electron chi connectivity index (χ0n) is 17.3. The van der Waals surface area contributed by atoms with E-state index in [1.165, 1.54) is 37.3 Å². The van der Waals surface area contributed by atoms with Crippen LogP contribution in [-0.4, -0.2) is 47.1 Å². The Labute approximate surface area is 184 Å². The predicted octanol–water partition coefficient (Wildman–Crippen LogP) is 3.32. The van der Waals surface area contributed by atoms with Gasteiger partial charge in [0.15, 0.2) is 0 Å². The maximum Gasteiger partial charge on any atom is 0.258 e. The Morgan fingerprint density at radius 2 is 2.16 bits per heavy atom. The van der Waals surface area contributed by atoms with E-state index in [4.69, 9.17) is 22.6 Å². The highest BCUT2D eigenvalue weighted by molar-refractivity contribution is 6.34. The maximum absolute atomic E-state index is 15.4. The second-order valence-electron chi connectivity index (χ2n) is 8.67. The Hall–Kier alpha value is -2.89. The largest absolute Gasteiger partial charge is 0.398 e. The van der Waals surface area contributed by atoms with Crippen LogP contribution < -0.4 is 11.1 Å². The Morgan fingerprint density at radius 3 is 2.84 bits per heavy atom. The number of anilines is 2. The van der Waals surface area contributed by atoms with Crippen LogP contribution in [0.2, 0.25) is 5.02 Å². The van der Waals surface area contributed by atoms with Crippen LogP contribution >= 0.6 is 11.6 Å². The molecule has 31 heavy (non-hydrogen) atoms. The van der Waals surface area contributed by atoms with E-state index in [0.29, 0.717) is 42.2 Å². The number of fused-ring (bicyclic) bond motifs is 2. The summed E-state index contributed by atoms with van der Waals surface area (Å²) in [4.78, 5) is 18.2. The number of nitrogen functional groups attached to an aromatic ring is 1. The number of hydrogen-bond acceptors (Lipinski definition) is 6. The molecule has 7 nitrogen and oxygen atoms in total. The molecule has 162 valence electrons. The molecule has 0 bridgehead atoms. The average molecular weight is 444 g/mol. The van der Waals surface area contributed by atoms with Crippen molar-refractivity contribution < 1.29 is 14.3 Å². The smallest absolute Gasteiger partial charge is 0.258 e. The Bertz CT molecular complexity index is 1130. The molecule has 0 saturated heterocycles. The first-order valence-electron chi connectivity index (χ1n) is 9.95. The lowest BCUT2D eigenvalue weighted by Crippen LogP contribution is -2.31. The van der Waals surface area contributed by atoms with E-state index in [0.717, 1.165) is 5.56 Å². The molecule has 4 rings (SSSR count). The highest BCUT2D eigenvalue weighted by atomic mass is 35.5. The van der Waals surface area contributed by atoms with Crippen molar-refractivity contribution in [1.82, 2.24) is 9.88 Å². The van der Waals surface area contributed by atoms with Gasteiger partial charge in [0.05, 0.1) is 28.7 Å². The zero-order valence-corrected chi connectivity index (χ0v) is 18.1. The minimum absolute atomic E-state index is 0.0391. The Morgan fingerprint density at radius 1 is 1.42 bits per heavy atom. The van der Waals surface area contributed by atoms with Crippen LogP contribution in [0.25, 0.3) is 11.1 Å². The molecule has 2 aliphatic rings. The molecule has 0 radical (unpaired) electrons. The molecule has 2 aromatic rings.